The van der Waals surface area contributed by atoms with Crippen molar-refractivity contribution in [3.63, 3.8) is 0 Å². The van der Waals surface area contributed by atoms with Crippen molar-refractivity contribution >= 4 is 0 Å². The maximum absolute atomic E-state index is 5.22. The SMILES string of the molecule is COC1CCC[C@H]1C. The Hall–Kier alpha value is -0.0400. The van der Waals surface area contributed by atoms with Crippen molar-refractivity contribution in [3.8, 4) is 0 Å². The molecule has 48 valence electrons. The minimum absolute atomic E-state index is 0.565. The van der Waals surface area contributed by atoms with Crippen molar-refractivity contribution in [2.24, 2.45) is 5.92 Å². The van der Waals surface area contributed by atoms with Crippen LogP contribution in [0.15, 0.2) is 0 Å². The third-order valence-corrected chi connectivity index (χ3v) is 2.09. The molecule has 0 bridgehead atoms. The fourth-order valence-electron chi connectivity index (χ4n) is 1.46. The fourth-order valence-corrected chi connectivity index (χ4v) is 1.46. The molecule has 1 aliphatic carbocycles. The van der Waals surface area contributed by atoms with Crippen LogP contribution in [0.25, 0.3) is 0 Å². The van der Waals surface area contributed by atoms with E-state index < -0.39 is 0 Å². The Morgan fingerprint density at radius 3 is 2.38 bits per heavy atom. The van der Waals surface area contributed by atoms with Crippen molar-refractivity contribution in [1.82, 2.24) is 0 Å². The first-order chi connectivity index (χ1) is 3.84. The van der Waals surface area contributed by atoms with Crippen LogP contribution in [0.4, 0.5) is 0 Å². The van der Waals surface area contributed by atoms with Gasteiger partial charge in [-0.3, -0.25) is 0 Å². The predicted molar refractivity (Wildman–Crippen MR) is 33.8 cm³/mol. The maximum Gasteiger partial charge on any atom is 0.0596 e. The first-order valence-corrected chi connectivity index (χ1v) is 3.37. The fraction of sp³-hybridized carbons (Fsp3) is 1.00. The summed E-state index contributed by atoms with van der Waals surface area (Å²) >= 11 is 0. The van der Waals surface area contributed by atoms with Crippen molar-refractivity contribution in [3.05, 3.63) is 0 Å². The quantitative estimate of drug-likeness (QED) is 0.505. The summed E-state index contributed by atoms with van der Waals surface area (Å²) in [5, 5.41) is 0. The molecule has 8 heavy (non-hydrogen) atoms. The lowest BCUT2D eigenvalue weighted by Crippen LogP contribution is -2.12. The Morgan fingerprint density at radius 2 is 2.12 bits per heavy atom. The lowest BCUT2D eigenvalue weighted by molar-refractivity contribution is 0.0775. The third-order valence-electron chi connectivity index (χ3n) is 2.09. The minimum atomic E-state index is 0.565. The molecule has 0 N–H and O–H groups in total. The average Bonchev–Trinajstić information content (AvgIpc) is 2.14. The van der Waals surface area contributed by atoms with Gasteiger partial charge in [-0.05, 0) is 18.8 Å². The highest BCUT2D eigenvalue weighted by Crippen LogP contribution is 2.26. The second kappa shape index (κ2) is 2.49. The monoisotopic (exact) mass is 114 g/mol. The van der Waals surface area contributed by atoms with Crippen LogP contribution in [0.3, 0.4) is 0 Å². The topological polar surface area (TPSA) is 9.23 Å². The van der Waals surface area contributed by atoms with Crippen LogP contribution in [0.5, 0.6) is 0 Å². The zero-order valence-corrected chi connectivity index (χ0v) is 5.68. The van der Waals surface area contributed by atoms with Crippen LogP contribution < -0.4 is 0 Å². The number of ether oxygens (including phenoxy) is 1. The van der Waals surface area contributed by atoms with E-state index in [1.807, 2.05) is 7.11 Å². The molecule has 0 aliphatic heterocycles. The van der Waals surface area contributed by atoms with Crippen LogP contribution in [-0.4, -0.2) is 13.2 Å². The van der Waals surface area contributed by atoms with Crippen LogP contribution in [-0.2, 0) is 4.74 Å². The first-order valence-electron chi connectivity index (χ1n) is 3.37. The molecule has 1 aliphatic rings. The molecule has 0 saturated heterocycles. The van der Waals surface area contributed by atoms with Gasteiger partial charge in [-0.2, -0.15) is 0 Å². The van der Waals surface area contributed by atoms with E-state index >= 15 is 0 Å². The summed E-state index contributed by atoms with van der Waals surface area (Å²) in [4.78, 5) is 0. The highest BCUT2D eigenvalue weighted by molar-refractivity contribution is 4.73. The summed E-state index contributed by atoms with van der Waals surface area (Å²) in [5.74, 6) is 0.806. The zero-order chi connectivity index (χ0) is 5.98. The molecule has 1 heteroatoms. The number of rotatable bonds is 1. The van der Waals surface area contributed by atoms with E-state index in [0.29, 0.717) is 6.10 Å². The van der Waals surface area contributed by atoms with Gasteiger partial charge in [-0.1, -0.05) is 13.3 Å². The Balaban J connectivity index is 2.30. The summed E-state index contributed by atoms with van der Waals surface area (Å²) in [7, 11) is 1.81. The average molecular weight is 114 g/mol. The molecule has 0 spiro atoms. The summed E-state index contributed by atoms with van der Waals surface area (Å²) in [6.45, 7) is 2.27. The van der Waals surface area contributed by atoms with Gasteiger partial charge in [0.25, 0.3) is 0 Å². The lowest BCUT2D eigenvalue weighted by atomic mass is 10.1. The van der Waals surface area contributed by atoms with Crippen LogP contribution in [0.2, 0.25) is 0 Å². The van der Waals surface area contributed by atoms with Crippen LogP contribution in [0.1, 0.15) is 26.2 Å². The molecule has 0 radical (unpaired) electrons. The second-order valence-electron chi connectivity index (χ2n) is 2.68. The molecule has 0 aromatic carbocycles. The van der Waals surface area contributed by atoms with Crippen molar-refractivity contribution in [1.29, 1.82) is 0 Å². The number of methoxy groups -OCH3 is 1. The number of hydrogen-bond donors (Lipinski definition) is 0. The molecule has 1 unspecified atom stereocenters. The Labute approximate surface area is 51.0 Å². The van der Waals surface area contributed by atoms with Gasteiger partial charge in [0, 0.05) is 7.11 Å². The first kappa shape index (κ1) is 6.09. The summed E-state index contributed by atoms with van der Waals surface area (Å²) in [5.41, 5.74) is 0. The van der Waals surface area contributed by atoms with Gasteiger partial charge in [0.1, 0.15) is 0 Å². The minimum Gasteiger partial charge on any atom is -0.381 e. The molecular formula is C7H14O. The van der Waals surface area contributed by atoms with Gasteiger partial charge in [0.15, 0.2) is 0 Å². The Kier molecular flexibility index (Phi) is 1.90. The van der Waals surface area contributed by atoms with Gasteiger partial charge < -0.3 is 4.74 Å². The van der Waals surface area contributed by atoms with Crippen molar-refractivity contribution < 1.29 is 4.74 Å². The normalized spacial score (nSPS) is 38.2. The molecule has 0 heterocycles. The molecule has 1 saturated carbocycles. The summed E-state index contributed by atoms with van der Waals surface area (Å²) in [6, 6.07) is 0. The van der Waals surface area contributed by atoms with E-state index in [-0.39, 0.29) is 0 Å². The standard InChI is InChI=1S/C7H14O/c1-6-4-3-5-7(6)8-2/h6-7H,3-5H2,1-2H3/t6-,7?/m1/s1. The smallest absolute Gasteiger partial charge is 0.0596 e. The molecule has 0 amide bonds. The van der Waals surface area contributed by atoms with Gasteiger partial charge in [-0.25, -0.2) is 0 Å². The molecule has 2 atom stereocenters. The highest BCUT2D eigenvalue weighted by Gasteiger charge is 2.21. The summed E-state index contributed by atoms with van der Waals surface area (Å²) in [6.07, 6.45) is 4.56. The molecule has 1 rings (SSSR count). The Bertz CT molecular complexity index is 70.8. The molecule has 1 fully saturated rings. The van der Waals surface area contributed by atoms with E-state index in [1.54, 1.807) is 0 Å². The van der Waals surface area contributed by atoms with Gasteiger partial charge in [-0.15, -0.1) is 0 Å². The van der Waals surface area contributed by atoms with E-state index in [1.165, 1.54) is 19.3 Å². The molecule has 0 aromatic heterocycles. The molecular weight excluding hydrogens is 100 g/mol. The molecule has 1 nitrogen and oxygen atoms in total. The van der Waals surface area contributed by atoms with Crippen molar-refractivity contribution in [2.75, 3.05) is 7.11 Å². The summed E-state index contributed by atoms with van der Waals surface area (Å²) < 4.78 is 5.22. The predicted octanol–water partition coefficient (Wildman–Crippen LogP) is 1.82. The number of hydrogen-bond acceptors (Lipinski definition) is 1. The van der Waals surface area contributed by atoms with Gasteiger partial charge in [0.2, 0.25) is 0 Å². The van der Waals surface area contributed by atoms with E-state index in [2.05, 4.69) is 6.92 Å². The Morgan fingerprint density at radius 1 is 1.38 bits per heavy atom. The van der Waals surface area contributed by atoms with Gasteiger partial charge >= 0.3 is 0 Å². The van der Waals surface area contributed by atoms with Gasteiger partial charge in [0.05, 0.1) is 6.10 Å². The van der Waals surface area contributed by atoms with Crippen molar-refractivity contribution in [2.45, 2.75) is 32.3 Å². The zero-order valence-electron chi connectivity index (χ0n) is 5.68. The third kappa shape index (κ3) is 1.03. The van der Waals surface area contributed by atoms with Crippen LogP contribution >= 0.6 is 0 Å². The van der Waals surface area contributed by atoms with E-state index in [0.717, 1.165) is 5.92 Å². The van der Waals surface area contributed by atoms with E-state index in [9.17, 15) is 0 Å². The van der Waals surface area contributed by atoms with Crippen LogP contribution in [0, 0.1) is 5.92 Å². The highest BCUT2D eigenvalue weighted by atomic mass is 16.5. The lowest BCUT2D eigenvalue weighted by Gasteiger charge is -2.11. The van der Waals surface area contributed by atoms with E-state index in [4.69, 9.17) is 4.74 Å². The molecule has 0 aromatic rings. The largest absolute Gasteiger partial charge is 0.381 e. The maximum atomic E-state index is 5.22. The second-order valence-corrected chi connectivity index (χ2v) is 2.68.